The number of carbonyl (C=O) groups is 2. The first kappa shape index (κ1) is 19.2. The summed E-state index contributed by atoms with van der Waals surface area (Å²) in [5.41, 5.74) is -0.229. The fourth-order valence-electron chi connectivity index (χ4n) is 3.09. The average molecular weight is 354 g/mol. The van der Waals surface area contributed by atoms with Gasteiger partial charge in [0.2, 0.25) is 0 Å². The standard InChI is InChI=1S/C19H21F3O3/c1-11-5-6-13(19(20,21)22)15(16(23)17(24)25-4)14(11)12-7-9-18(2,3)10-8-12/h5-7H,8-10H2,1-4H3. The normalized spacial score (nSPS) is 17.0. The highest BCUT2D eigenvalue weighted by Crippen LogP contribution is 2.42. The van der Waals surface area contributed by atoms with E-state index < -0.39 is 29.1 Å². The molecule has 1 aromatic carbocycles. The van der Waals surface area contributed by atoms with Crippen molar-refractivity contribution in [1.29, 1.82) is 0 Å². The third-order valence-corrected chi connectivity index (χ3v) is 4.61. The number of halogens is 3. The lowest BCUT2D eigenvalue weighted by Gasteiger charge is -2.30. The SMILES string of the molecule is COC(=O)C(=O)c1c(C(F)(F)F)ccc(C)c1C1=CCC(C)(C)CC1. The molecule has 0 aliphatic heterocycles. The summed E-state index contributed by atoms with van der Waals surface area (Å²) in [4.78, 5) is 24.1. The van der Waals surface area contributed by atoms with E-state index in [2.05, 4.69) is 18.6 Å². The molecule has 0 fully saturated rings. The Bertz CT molecular complexity index is 743. The number of alkyl halides is 3. The van der Waals surface area contributed by atoms with Gasteiger partial charge in [-0.15, -0.1) is 0 Å². The summed E-state index contributed by atoms with van der Waals surface area (Å²) in [5.74, 6) is -2.56. The molecule has 0 atom stereocenters. The van der Waals surface area contributed by atoms with Gasteiger partial charge in [-0.3, -0.25) is 4.79 Å². The summed E-state index contributed by atoms with van der Waals surface area (Å²) in [6.45, 7) is 5.81. The largest absolute Gasteiger partial charge is 0.463 e. The van der Waals surface area contributed by atoms with Crippen molar-refractivity contribution in [3.8, 4) is 0 Å². The van der Waals surface area contributed by atoms with Crippen molar-refractivity contribution in [2.45, 2.75) is 46.2 Å². The Kier molecular flexibility index (Phi) is 5.11. The number of hydrogen-bond acceptors (Lipinski definition) is 3. The molecular formula is C19H21F3O3. The summed E-state index contributed by atoms with van der Waals surface area (Å²) in [6.07, 6.45) is -0.823. The van der Waals surface area contributed by atoms with Gasteiger partial charge in [-0.2, -0.15) is 13.2 Å². The molecule has 0 radical (unpaired) electrons. The van der Waals surface area contributed by atoms with Crippen LogP contribution in [0.5, 0.6) is 0 Å². The number of aryl methyl sites for hydroxylation is 1. The molecule has 6 heteroatoms. The van der Waals surface area contributed by atoms with Crippen LogP contribution >= 0.6 is 0 Å². The van der Waals surface area contributed by atoms with E-state index in [1.165, 1.54) is 6.07 Å². The van der Waals surface area contributed by atoms with Crippen molar-refractivity contribution in [1.82, 2.24) is 0 Å². The van der Waals surface area contributed by atoms with Crippen LogP contribution in [0.3, 0.4) is 0 Å². The Morgan fingerprint density at radius 1 is 1.20 bits per heavy atom. The Balaban J connectivity index is 2.72. The molecular weight excluding hydrogens is 333 g/mol. The van der Waals surface area contributed by atoms with Gasteiger partial charge >= 0.3 is 12.1 Å². The fourth-order valence-corrected chi connectivity index (χ4v) is 3.09. The Hall–Kier alpha value is -2.11. The minimum absolute atomic E-state index is 0.0611. The van der Waals surface area contributed by atoms with E-state index in [0.717, 1.165) is 19.6 Å². The predicted molar refractivity (Wildman–Crippen MR) is 88.1 cm³/mol. The third-order valence-electron chi connectivity index (χ3n) is 4.61. The van der Waals surface area contributed by atoms with E-state index >= 15 is 0 Å². The van der Waals surface area contributed by atoms with Crippen LogP contribution in [0.4, 0.5) is 13.2 Å². The number of ketones is 1. The van der Waals surface area contributed by atoms with E-state index in [0.29, 0.717) is 24.0 Å². The first-order valence-electron chi connectivity index (χ1n) is 8.01. The highest BCUT2D eigenvalue weighted by Gasteiger charge is 2.39. The molecule has 0 bridgehead atoms. The van der Waals surface area contributed by atoms with Gasteiger partial charge in [0, 0.05) is 5.56 Å². The third kappa shape index (κ3) is 3.94. The Morgan fingerprint density at radius 3 is 2.32 bits per heavy atom. The molecule has 0 amide bonds. The van der Waals surface area contributed by atoms with Crippen molar-refractivity contribution >= 4 is 17.3 Å². The minimum atomic E-state index is -4.74. The predicted octanol–water partition coefficient (Wildman–Crippen LogP) is 4.96. The smallest absolute Gasteiger partial charge is 0.417 e. The molecule has 0 N–H and O–H groups in total. The molecule has 1 aliphatic carbocycles. The molecule has 0 saturated carbocycles. The van der Waals surface area contributed by atoms with Crippen LogP contribution in [0, 0.1) is 12.3 Å². The molecule has 25 heavy (non-hydrogen) atoms. The second-order valence-electron chi connectivity index (χ2n) is 7.10. The van der Waals surface area contributed by atoms with E-state index in [9.17, 15) is 22.8 Å². The summed E-state index contributed by atoms with van der Waals surface area (Å²) in [5, 5.41) is 0. The van der Waals surface area contributed by atoms with Crippen LogP contribution in [0.2, 0.25) is 0 Å². The maximum Gasteiger partial charge on any atom is 0.417 e. The van der Waals surface area contributed by atoms with Crippen LogP contribution in [0.1, 0.15) is 60.2 Å². The zero-order valence-corrected chi connectivity index (χ0v) is 14.7. The average Bonchev–Trinajstić information content (AvgIpc) is 2.52. The van der Waals surface area contributed by atoms with E-state index in [1.807, 2.05) is 6.08 Å². The van der Waals surface area contributed by atoms with Crippen LogP contribution < -0.4 is 0 Å². The van der Waals surface area contributed by atoms with Crippen molar-refractivity contribution in [3.05, 3.63) is 40.5 Å². The van der Waals surface area contributed by atoms with Crippen molar-refractivity contribution < 1.29 is 27.5 Å². The summed E-state index contributed by atoms with van der Waals surface area (Å²) >= 11 is 0. The van der Waals surface area contributed by atoms with Crippen molar-refractivity contribution in [2.75, 3.05) is 7.11 Å². The van der Waals surface area contributed by atoms with E-state index in [-0.39, 0.29) is 11.0 Å². The maximum absolute atomic E-state index is 13.5. The second kappa shape index (κ2) is 6.65. The van der Waals surface area contributed by atoms with Crippen molar-refractivity contribution in [2.24, 2.45) is 5.41 Å². The molecule has 0 unspecified atom stereocenters. The number of carbonyl (C=O) groups excluding carboxylic acids is 2. The van der Waals surface area contributed by atoms with Gasteiger partial charge in [-0.1, -0.05) is 26.0 Å². The first-order valence-corrected chi connectivity index (χ1v) is 8.01. The van der Waals surface area contributed by atoms with E-state index in [4.69, 9.17) is 0 Å². The lowest BCUT2D eigenvalue weighted by atomic mass is 9.75. The molecule has 0 heterocycles. The Morgan fingerprint density at radius 2 is 1.84 bits per heavy atom. The van der Waals surface area contributed by atoms with Gasteiger partial charge in [0.1, 0.15) is 0 Å². The molecule has 2 rings (SSSR count). The number of rotatable bonds is 3. The molecule has 136 valence electrons. The number of esters is 1. The monoisotopic (exact) mass is 354 g/mol. The van der Waals surface area contributed by atoms with Gasteiger partial charge in [-0.05, 0) is 54.4 Å². The minimum Gasteiger partial charge on any atom is -0.463 e. The molecule has 1 aromatic rings. The fraction of sp³-hybridized carbons (Fsp3) is 0.474. The highest BCUT2D eigenvalue weighted by molar-refractivity contribution is 6.41. The molecule has 0 spiro atoms. The maximum atomic E-state index is 13.5. The lowest BCUT2D eigenvalue weighted by molar-refractivity contribution is -0.138. The topological polar surface area (TPSA) is 43.4 Å². The lowest BCUT2D eigenvalue weighted by Crippen LogP contribution is -2.24. The number of ether oxygens (including phenoxy) is 1. The first-order chi connectivity index (χ1) is 11.5. The molecule has 3 nitrogen and oxygen atoms in total. The summed E-state index contributed by atoms with van der Waals surface area (Å²) in [6, 6.07) is 2.19. The van der Waals surface area contributed by atoms with Gasteiger partial charge in [0.15, 0.2) is 0 Å². The van der Waals surface area contributed by atoms with Crippen molar-refractivity contribution in [3.63, 3.8) is 0 Å². The number of Topliss-reactive ketones (excluding diaryl/α,β-unsaturated/α-hetero) is 1. The van der Waals surface area contributed by atoms with Gasteiger partial charge in [-0.25, -0.2) is 4.79 Å². The number of benzene rings is 1. The van der Waals surface area contributed by atoms with Gasteiger partial charge in [0.05, 0.1) is 12.7 Å². The zero-order valence-electron chi connectivity index (χ0n) is 14.7. The molecule has 0 saturated heterocycles. The van der Waals surface area contributed by atoms with Crippen LogP contribution in [-0.2, 0) is 15.7 Å². The van der Waals surface area contributed by atoms with Gasteiger partial charge < -0.3 is 4.74 Å². The number of allylic oxidation sites excluding steroid dienone is 2. The second-order valence-corrected chi connectivity index (χ2v) is 7.10. The Labute approximate surface area is 144 Å². The quantitative estimate of drug-likeness (QED) is 0.438. The van der Waals surface area contributed by atoms with E-state index in [1.54, 1.807) is 6.92 Å². The van der Waals surface area contributed by atoms with Crippen LogP contribution in [0.25, 0.3) is 5.57 Å². The number of hydrogen-bond donors (Lipinski definition) is 0. The van der Waals surface area contributed by atoms with Crippen LogP contribution in [0.15, 0.2) is 18.2 Å². The number of methoxy groups -OCH3 is 1. The van der Waals surface area contributed by atoms with Crippen LogP contribution in [-0.4, -0.2) is 18.9 Å². The highest BCUT2D eigenvalue weighted by atomic mass is 19.4. The molecule has 1 aliphatic rings. The zero-order chi connectivity index (χ0) is 19.0. The summed E-state index contributed by atoms with van der Waals surface area (Å²) < 4.78 is 44.7. The van der Waals surface area contributed by atoms with Gasteiger partial charge in [0.25, 0.3) is 5.78 Å². The summed E-state index contributed by atoms with van der Waals surface area (Å²) in [7, 11) is 0.978. The molecule has 0 aromatic heterocycles.